The Morgan fingerprint density at radius 1 is 0.435 bits per heavy atom. The lowest BCUT2D eigenvalue weighted by molar-refractivity contribution is 1.10. The largest absolute Gasteiger partial charge is 0.292 e. The molecule has 0 amide bonds. The number of para-hydroxylation sites is 2. The fraction of sp³-hybridized carbons (Fsp3) is 0.0227. The highest BCUT2D eigenvalue weighted by molar-refractivity contribution is 6.21. The Morgan fingerprint density at radius 2 is 1.07 bits per heavy atom. The lowest BCUT2D eigenvalue weighted by atomic mass is 9.85. The monoisotopic (exact) mass is 586 g/mol. The van der Waals surface area contributed by atoms with Gasteiger partial charge in [0.15, 0.2) is 0 Å². The van der Waals surface area contributed by atoms with Gasteiger partial charge in [-0.15, -0.1) is 0 Å². The van der Waals surface area contributed by atoms with Gasteiger partial charge in [-0.25, -0.2) is 4.98 Å². The maximum Gasteiger partial charge on any atom is 0.145 e. The zero-order chi connectivity index (χ0) is 30.6. The molecule has 0 spiro atoms. The normalized spacial score (nSPS) is 11.6. The first-order chi connectivity index (χ1) is 22.7. The van der Waals surface area contributed by atoms with E-state index in [-0.39, 0.29) is 0 Å². The minimum absolute atomic E-state index is 0.945. The van der Waals surface area contributed by atoms with Gasteiger partial charge in [0.1, 0.15) is 5.82 Å². The van der Waals surface area contributed by atoms with E-state index in [9.17, 15) is 0 Å². The third-order valence-corrected chi connectivity index (χ3v) is 9.22. The fourth-order valence-electron chi connectivity index (χ4n) is 7.10. The van der Waals surface area contributed by atoms with Gasteiger partial charge in [0, 0.05) is 11.3 Å². The van der Waals surface area contributed by atoms with E-state index in [1.807, 2.05) is 6.07 Å². The van der Waals surface area contributed by atoms with Crippen molar-refractivity contribution in [3.05, 3.63) is 169 Å². The standard InChI is InChI=1S/C44H30N2/c1-29-19-26-38-39(27-29)43(34-21-20-30-11-5-6-14-33(30)28-34)37-16-8-7-15-36(37)42(38)31-22-24-35(25-23-31)46-41-18-10-9-17-40(41)45-44(46)32-12-3-2-4-13-32/h2-28H,1H3. The molecule has 2 heteroatoms. The summed E-state index contributed by atoms with van der Waals surface area (Å²) < 4.78 is 2.27. The van der Waals surface area contributed by atoms with Crippen LogP contribution in [0.5, 0.6) is 0 Å². The van der Waals surface area contributed by atoms with Crippen molar-refractivity contribution in [2.45, 2.75) is 6.92 Å². The average Bonchev–Trinajstić information content (AvgIpc) is 3.51. The summed E-state index contributed by atoms with van der Waals surface area (Å²) >= 11 is 0. The molecule has 0 radical (unpaired) electrons. The maximum absolute atomic E-state index is 5.05. The number of imidazole rings is 1. The number of hydrogen-bond donors (Lipinski definition) is 0. The number of aromatic nitrogens is 2. The van der Waals surface area contributed by atoms with Gasteiger partial charge >= 0.3 is 0 Å². The second-order valence-corrected chi connectivity index (χ2v) is 12.1. The Bertz CT molecular complexity index is 2570. The molecular weight excluding hydrogens is 556 g/mol. The summed E-state index contributed by atoms with van der Waals surface area (Å²) in [6.07, 6.45) is 0. The van der Waals surface area contributed by atoms with E-state index in [0.717, 1.165) is 28.1 Å². The van der Waals surface area contributed by atoms with E-state index in [1.54, 1.807) is 0 Å². The molecule has 0 saturated carbocycles. The molecule has 46 heavy (non-hydrogen) atoms. The van der Waals surface area contributed by atoms with Crippen molar-refractivity contribution in [2.24, 2.45) is 0 Å². The molecule has 0 atom stereocenters. The van der Waals surface area contributed by atoms with Crippen LogP contribution in [0.2, 0.25) is 0 Å². The van der Waals surface area contributed by atoms with Gasteiger partial charge in [0.2, 0.25) is 0 Å². The smallest absolute Gasteiger partial charge is 0.145 e. The number of benzene rings is 8. The first-order valence-corrected chi connectivity index (χ1v) is 15.8. The molecule has 9 aromatic rings. The van der Waals surface area contributed by atoms with Crippen molar-refractivity contribution in [3.63, 3.8) is 0 Å². The SMILES string of the molecule is Cc1ccc2c(-c3ccc(-n4c(-c5ccccc5)nc5ccccc54)cc3)c3ccccc3c(-c3ccc4ccccc4c3)c2c1. The molecular formula is C44H30N2. The van der Waals surface area contributed by atoms with E-state index >= 15 is 0 Å². The molecule has 0 aliphatic heterocycles. The molecule has 0 N–H and O–H groups in total. The van der Waals surface area contributed by atoms with E-state index in [1.165, 1.54) is 60.1 Å². The zero-order valence-electron chi connectivity index (χ0n) is 25.5. The van der Waals surface area contributed by atoms with Crippen LogP contribution in [0.3, 0.4) is 0 Å². The second kappa shape index (κ2) is 10.6. The molecule has 0 fully saturated rings. The predicted octanol–water partition coefficient (Wildman–Crippen LogP) is 11.8. The number of nitrogens with zero attached hydrogens (tertiary/aromatic N) is 2. The maximum atomic E-state index is 5.05. The first kappa shape index (κ1) is 26.4. The van der Waals surface area contributed by atoms with Crippen molar-refractivity contribution in [3.8, 4) is 39.3 Å². The van der Waals surface area contributed by atoms with E-state index in [0.29, 0.717) is 0 Å². The van der Waals surface area contributed by atoms with Gasteiger partial charge in [0.05, 0.1) is 11.0 Å². The third kappa shape index (κ3) is 4.22. The van der Waals surface area contributed by atoms with Gasteiger partial charge < -0.3 is 0 Å². The number of hydrogen-bond acceptors (Lipinski definition) is 1. The van der Waals surface area contributed by atoms with Crippen molar-refractivity contribution in [2.75, 3.05) is 0 Å². The molecule has 216 valence electrons. The van der Waals surface area contributed by atoms with Gasteiger partial charge in [-0.3, -0.25) is 4.57 Å². The van der Waals surface area contributed by atoms with Crippen LogP contribution < -0.4 is 0 Å². The van der Waals surface area contributed by atoms with Gasteiger partial charge in [0.25, 0.3) is 0 Å². The average molecular weight is 587 g/mol. The summed E-state index contributed by atoms with van der Waals surface area (Å²) in [5.74, 6) is 0.945. The fourth-order valence-corrected chi connectivity index (χ4v) is 7.10. The van der Waals surface area contributed by atoms with Crippen LogP contribution in [0.15, 0.2) is 164 Å². The molecule has 2 nitrogen and oxygen atoms in total. The summed E-state index contributed by atoms with van der Waals surface area (Å²) in [6.45, 7) is 2.19. The molecule has 0 aliphatic rings. The Labute approximate surface area is 267 Å². The lowest BCUT2D eigenvalue weighted by Gasteiger charge is -2.19. The molecule has 8 aromatic carbocycles. The Morgan fingerprint density at radius 3 is 1.87 bits per heavy atom. The molecule has 1 aromatic heterocycles. The molecule has 1 heterocycles. The summed E-state index contributed by atoms with van der Waals surface area (Å²) in [4.78, 5) is 5.05. The number of fused-ring (bicyclic) bond motifs is 4. The summed E-state index contributed by atoms with van der Waals surface area (Å²) in [7, 11) is 0. The molecule has 0 unspecified atom stereocenters. The minimum atomic E-state index is 0.945. The van der Waals surface area contributed by atoms with Gasteiger partial charge in [-0.2, -0.15) is 0 Å². The van der Waals surface area contributed by atoms with Crippen LogP contribution in [0.4, 0.5) is 0 Å². The first-order valence-electron chi connectivity index (χ1n) is 15.8. The highest BCUT2D eigenvalue weighted by Crippen LogP contribution is 2.44. The summed E-state index contributed by atoms with van der Waals surface area (Å²) in [6, 6.07) is 59.1. The highest BCUT2D eigenvalue weighted by atomic mass is 15.1. The van der Waals surface area contributed by atoms with E-state index in [2.05, 4.69) is 169 Å². The molecule has 9 rings (SSSR count). The second-order valence-electron chi connectivity index (χ2n) is 12.1. The van der Waals surface area contributed by atoms with Crippen molar-refractivity contribution in [1.82, 2.24) is 9.55 Å². The lowest BCUT2D eigenvalue weighted by Crippen LogP contribution is -1.98. The van der Waals surface area contributed by atoms with E-state index < -0.39 is 0 Å². The van der Waals surface area contributed by atoms with Crippen LogP contribution in [0.25, 0.3) is 82.7 Å². The van der Waals surface area contributed by atoms with Crippen molar-refractivity contribution in [1.29, 1.82) is 0 Å². The highest BCUT2D eigenvalue weighted by Gasteiger charge is 2.18. The van der Waals surface area contributed by atoms with Gasteiger partial charge in [-0.05, 0) is 91.8 Å². The Hall–Kier alpha value is -5.99. The summed E-state index contributed by atoms with van der Waals surface area (Å²) in [5, 5.41) is 7.58. The quantitative estimate of drug-likeness (QED) is 0.188. The zero-order valence-corrected chi connectivity index (χ0v) is 25.5. The summed E-state index contributed by atoms with van der Waals surface area (Å²) in [5.41, 5.74) is 10.5. The molecule has 0 bridgehead atoms. The predicted molar refractivity (Wildman–Crippen MR) is 195 cm³/mol. The number of aryl methyl sites for hydroxylation is 1. The van der Waals surface area contributed by atoms with E-state index in [4.69, 9.17) is 4.98 Å². The molecule has 0 aliphatic carbocycles. The van der Waals surface area contributed by atoms with Crippen molar-refractivity contribution >= 4 is 43.4 Å². The van der Waals surface area contributed by atoms with Crippen molar-refractivity contribution < 1.29 is 0 Å². The molecule has 0 saturated heterocycles. The Kier molecular flexibility index (Phi) is 6.07. The Balaban J connectivity index is 1.27. The van der Waals surface area contributed by atoms with Crippen LogP contribution >= 0.6 is 0 Å². The van der Waals surface area contributed by atoms with Gasteiger partial charge in [-0.1, -0.05) is 139 Å². The minimum Gasteiger partial charge on any atom is -0.292 e. The third-order valence-electron chi connectivity index (χ3n) is 9.22. The topological polar surface area (TPSA) is 17.8 Å². The van der Waals surface area contributed by atoms with Crippen LogP contribution in [-0.2, 0) is 0 Å². The van der Waals surface area contributed by atoms with Crippen LogP contribution in [0, 0.1) is 6.92 Å². The number of rotatable bonds is 4. The van der Waals surface area contributed by atoms with Crippen LogP contribution in [0.1, 0.15) is 5.56 Å². The van der Waals surface area contributed by atoms with Crippen LogP contribution in [-0.4, -0.2) is 9.55 Å².